The number of nitrogens with zero attached hydrogens (tertiary/aromatic N) is 3. The Hall–Kier alpha value is -3.84. The van der Waals surface area contributed by atoms with Gasteiger partial charge in [-0.1, -0.05) is 55.1 Å². The van der Waals surface area contributed by atoms with E-state index >= 15 is 0 Å². The molecule has 3 aromatic carbocycles. The minimum atomic E-state index is -0.309. The molecular formula is C26H22N4O2S. The van der Waals surface area contributed by atoms with Crippen LogP contribution in [0.25, 0.3) is 16.6 Å². The number of anilines is 1. The third-order valence-corrected chi connectivity index (χ3v) is 6.57. The quantitative estimate of drug-likeness (QED) is 0.297. The second kappa shape index (κ2) is 9.34. The van der Waals surface area contributed by atoms with Crippen LogP contribution in [0.1, 0.15) is 13.3 Å². The normalized spacial score (nSPS) is 12.0. The van der Waals surface area contributed by atoms with Crippen LogP contribution in [-0.4, -0.2) is 25.8 Å². The fraction of sp³-hybridized carbons (Fsp3) is 0.115. The van der Waals surface area contributed by atoms with Gasteiger partial charge in [-0.2, -0.15) is 0 Å². The molecular weight excluding hydrogens is 432 g/mol. The third-order valence-electron chi connectivity index (χ3n) is 5.26. The van der Waals surface area contributed by atoms with E-state index in [1.165, 1.54) is 11.8 Å². The van der Waals surface area contributed by atoms with Crippen LogP contribution in [0.4, 0.5) is 5.69 Å². The Balaban J connectivity index is 1.31. The molecule has 1 N–H and O–H groups in total. The highest BCUT2D eigenvalue weighted by Crippen LogP contribution is 2.29. The molecule has 7 heteroatoms. The summed E-state index contributed by atoms with van der Waals surface area (Å²) in [5.74, 6) is 1.41. The second-order valence-corrected chi connectivity index (χ2v) is 8.68. The largest absolute Gasteiger partial charge is 0.457 e. The first-order valence-electron chi connectivity index (χ1n) is 10.7. The van der Waals surface area contributed by atoms with Gasteiger partial charge in [0.1, 0.15) is 11.5 Å². The molecule has 0 aliphatic carbocycles. The van der Waals surface area contributed by atoms with Crippen LogP contribution in [0, 0.1) is 0 Å². The van der Waals surface area contributed by atoms with Crippen molar-refractivity contribution in [3.05, 3.63) is 91.0 Å². The lowest BCUT2D eigenvalue weighted by molar-refractivity contribution is -0.115. The Morgan fingerprint density at radius 3 is 2.42 bits per heavy atom. The lowest BCUT2D eigenvalue weighted by Crippen LogP contribution is -2.24. The number of thioether (sulfide) groups is 1. The average molecular weight is 455 g/mol. The molecule has 1 amide bonds. The first-order chi connectivity index (χ1) is 16.2. The molecule has 0 bridgehead atoms. The Morgan fingerprint density at radius 2 is 1.64 bits per heavy atom. The van der Waals surface area contributed by atoms with E-state index in [4.69, 9.17) is 4.74 Å². The molecule has 33 heavy (non-hydrogen) atoms. The monoisotopic (exact) mass is 454 g/mol. The number of benzene rings is 3. The molecule has 0 aliphatic rings. The van der Waals surface area contributed by atoms with Crippen molar-refractivity contribution >= 4 is 39.9 Å². The first kappa shape index (κ1) is 21.0. The van der Waals surface area contributed by atoms with Gasteiger partial charge in [-0.25, -0.2) is 0 Å². The molecule has 6 nitrogen and oxygen atoms in total. The lowest BCUT2D eigenvalue weighted by atomic mass is 10.2. The van der Waals surface area contributed by atoms with E-state index in [9.17, 15) is 4.79 Å². The number of hydrogen-bond acceptors (Lipinski definition) is 5. The Morgan fingerprint density at radius 1 is 0.909 bits per heavy atom. The van der Waals surface area contributed by atoms with Crippen LogP contribution >= 0.6 is 11.8 Å². The summed E-state index contributed by atoms with van der Waals surface area (Å²) in [4.78, 5) is 13.0. The SMILES string of the molecule is CCC(Sc1nnc2ccc3ccccc3n12)C(=O)Nc1ccc(Oc2ccccc2)cc1. The van der Waals surface area contributed by atoms with E-state index in [2.05, 4.69) is 21.6 Å². The van der Waals surface area contributed by atoms with Gasteiger partial charge in [-0.05, 0) is 66.4 Å². The van der Waals surface area contributed by atoms with Crippen molar-refractivity contribution in [1.29, 1.82) is 0 Å². The highest BCUT2D eigenvalue weighted by Gasteiger charge is 2.22. The number of hydrogen-bond donors (Lipinski definition) is 1. The van der Waals surface area contributed by atoms with E-state index in [0.29, 0.717) is 17.3 Å². The van der Waals surface area contributed by atoms with Crippen LogP contribution in [0.3, 0.4) is 0 Å². The van der Waals surface area contributed by atoms with Gasteiger partial charge >= 0.3 is 0 Å². The number of fused-ring (bicyclic) bond motifs is 3. The second-order valence-electron chi connectivity index (χ2n) is 7.51. The van der Waals surface area contributed by atoms with Crippen molar-refractivity contribution in [1.82, 2.24) is 14.6 Å². The minimum absolute atomic E-state index is 0.0729. The molecule has 2 heterocycles. The molecule has 1 atom stereocenters. The van der Waals surface area contributed by atoms with E-state index in [1.54, 1.807) is 0 Å². The van der Waals surface area contributed by atoms with Crippen LogP contribution in [0.2, 0.25) is 0 Å². The van der Waals surface area contributed by atoms with E-state index < -0.39 is 0 Å². The van der Waals surface area contributed by atoms with Crippen molar-refractivity contribution in [2.45, 2.75) is 23.8 Å². The molecule has 0 saturated heterocycles. The predicted molar refractivity (Wildman–Crippen MR) is 132 cm³/mol. The number of ether oxygens (including phenoxy) is 1. The van der Waals surface area contributed by atoms with Gasteiger partial charge in [0.05, 0.1) is 10.8 Å². The molecule has 0 spiro atoms. The maximum absolute atomic E-state index is 13.0. The molecule has 2 aromatic heterocycles. The van der Waals surface area contributed by atoms with E-state index in [0.717, 1.165) is 28.0 Å². The number of rotatable bonds is 7. The molecule has 5 rings (SSSR count). The Kier molecular flexibility index (Phi) is 5.95. The number of carbonyl (C=O) groups is 1. The van der Waals surface area contributed by atoms with Crippen molar-refractivity contribution in [3.8, 4) is 11.5 Å². The third kappa shape index (κ3) is 4.54. The maximum atomic E-state index is 13.0. The number of amides is 1. The zero-order valence-electron chi connectivity index (χ0n) is 18.0. The van der Waals surface area contributed by atoms with Crippen LogP contribution in [-0.2, 0) is 4.79 Å². The molecule has 0 aliphatic heterocycles. The van der Waals surface area contributed by atoms with Crippen molar-refractivity contribution in [2.24, 2.45) is 0 Å². The van der Waals surface area contributed by atoms with E-state index in [1.807, 2.05) is 96.3 Å². The maximum Gasteiger partial charge on any atom is 0.237 e. The Bertz CT molecular complexity index is 1400. The van der Waals surface area contributed by atoms with Gasteiger partial charge in [-0.3, -0.25) is 9.20 Å². The fourth-order valence-corrected chi connectivity index (χ4v) is 4.56. The smallest absolute Gasteiger partial charge is 0.237 e. The molecule has 0 fully saturated rings. The summed E-state index contributed by atoms with van der Waals surface area (Å²) in [6.45, 7) is 2.00. The average Bonchev–Trinajstić information content (AvgIpc) is 3.27. The van der Waals surface area contributed by atoms with Crippen LogP contribution in [0.5, 0.6) is 11.5 Å². The van der Waals surface area contributed by atoms with Crippen molar-refractivity contribution < 1.29 is 9.53 Å². The number of aromatic nitrogens is 3. The molecule has 5 aromatic rings. The highest BCUT2D eigenvalue weighted by molar-refractivity contribution is 8.00. The Labute approximate surface area is 195 Å². The van der Waals surface area contributed by atoms with E-state index in [-0.39, 0.29) is 11.2 Å². The molecule has 0 saturated carbocycles. The minimum Gasteiger partial charge on any atom is -0.457 e. The van der Waals surface area contributed by atoms with Crippen molar-refractivity contribution in [2.75, 3.05) is 5.32 Å². The van der Waals surface area contributed by atoms with Gasteiger partial charge < -0.3 is 10.1 Å². The summed E-state index contributed by atoms with van der Waals surface area (Å²) in [5, 5.41) is 13.1. The number of carbonyl (C=O) groups excluding carboxylic acids is 1. The van der Waals surface area contributed by atoms with Gasteiger partial charge in [0.25, 0.3) is 0 Å². The van der Waals surface area contributed by atoms with Gasteiger partial charge in [-0.15, -0.1) is 10.2 Å². The fourth-order valence-electron chi connectivity index (χ4n) is 3.59. The van der Waals surface area contributed by atoms with Crippen LogP contribution < -0.4 is 10.1 Å². The van der Waals surface area contributed by atoms with Gasteiger partial charge in [0.2, 0.25) is 5.91 Å². The predicted octanol–water partition coefficient (Wildman–Crippen LogP) is 6.18. The lowest BCUT2D eigenvalue weighted by Gasteiger charge is -2.14. The topological polar surface area (TPSA) is 68.5 Å². The number of pyridine rings is 1. The number of nitrogens with one attached hydrogen (secondary N) is 1. The standard InChI is InChI=1S/C26H22N4O2S/c1-2-23(33-26-29-28-24-17-12-18-8-6-7-11-22(18)30(24)26)25(31)27-19-13-15-21(16-14-19)32-20-9-4-3-5-10-20/h3-17,23H,2H2,1H3,(H,27,31). The van der Waals surface area contributed by atoms with Gasteiger partial charge in [0, 0.05) is 5.69 Å². The summed E-state index contributed by atoms with van der Waals surface area (Å²) >= 11 is 1.42. The zero-order chi connectivity index (χ0) is 22.6. The van der Waals surface area contributed by atoms with Gasteiger partial charge in [0.15, 0.2) is 10.8 Å². The van der Waals surface area contributed by atoms with Crippen molar-refractivity contribution in [3.63, 3.8) is 0 Å². The van der Waals surface area contributed by atoms with Crippen LogP contribution in [0.15, 0.2) is 96.2 Å². The summed E-state index contributed by atoms with van der Waals surface area (Å²) in [7, 11) is 0. The molecule has 164 valence electrons. The number of para-hydroxylation sites is 2. The summed E-state index contributed by atoms with van der Waals surface area (Å²) in [6.07, 6.45) is 0.658. The zero-order valence-corrected chi connectivity index (χ0v) is 18.8. The summed E-state index contributed by atoms with van der Waals surface area (Å²) < 4.78 is 7.82. The first-order valence-corrected chi connectivity index (χ1v) is 11.6. The summed E-state index contributed by atoms with van der Waals surface area (Å²) in [6, 6.07) is 29.0. The highest BCUT2D eigenvalue weighted by atomic mass is 32.2. The molecule has 0 radical (unpaired) electrons. The summed E-state index contributed by atoms with van der Waals surface area (Å²) in [5.41, 5.74) is 2.50. The molecule has 1 unspecified atom stereocenters.